The number of phosphoric ester groups is 2. The van der Waals surface area contributed by atoms with Crippen LogP contribution in [-0.2, 0) is 65.4 Å². The summed E-state index contributed by atoms with van der Waals surface area (Å²) >= 11 is 0. The molecule has 0 aromatic heterocycles. The summed E-state index contributed by atoms with van der Waals surface area (Å²) < 4.78 is 68.9. The molecule has 0 rings (SSSR count). The standard InChI is InChI=1S/C86H168O17P2/c1-8-10-11-12-13-14-15-16-17-18-22-29-34-39-48-55-62-70-86(91)103-82(74-97-84(89)68-61-54-47-42-41-45-52-59-66-79(7)9-2)76-101-105(94,95)99-72-80(87)71-98-104(92,93)100-75-81(73-96-83(88)67-60-53-46-38-33-28-25-24-27-32-37-44-51-58-65-78(5)6)102-85(90)69-63-56-49-40-35-30-23-20-19-21-26-31-36-43-50-57-64-77(3)4/h77-82,87H,8-76H2,1-7H3,(H,92,93)(H,94,95)/t79?,80-,81-,82-/m1/s1. The van der Waals surface area contributed by atoms with Crippen LogP contribution in [-0.4, -0.2) is 96.7 Å². The highest BCUT2D eigenvalue weighted by atomic mass is 31.2. The topological polar surface area (TPSA) is 237 Å². The average molecular weight is 1540 g/mol. The van der Waals surface area contributed by atoms with Crippen molar-refractivity contribution in [3.63, 3.8) is 0 Å². The molecule has 0 heterocycles. The lowest BCUT2D eigenvalue weighted by atomic mass is 9.99. The molecule has 0 fully saturated rings. The Labute approximate surface area is 645 Å². The predicted octanol–water partition coefficient (Wildman–Crippen LogP) is 26.1. The second-order valence-electron chi connectivity index (χ2n) is 32.1. The normalized spacial score (nSPS) is 14.1. The summed E-state index contributed by atoms with van der Waals surface area (Å²) in [5.41, 5.74) is 0. The Morgan fingerprint density at radius 1 is 0.276 bits per heavy atom. The summed E-state index contributed by atoms with van der Waals surface area (Å²) in [6.07, 6.45) is 66.5. The number of carbonyl (C=O) groups is 4. The third-order valence-corrected chi connectivity index (χ3v) is 22.4. The molecule has 0 radical (unpaired) electrons. The third-order valence-electron chi connectivity index (χ3n) is 20.5. The molecule has 3 N–H and O–H groups in total. The summed E-state index contributed by atoms with van der Waals surface area (Å²) in [6, 6.07) is 0. The fourth-order valence-electron chi connectivity index (χ4n) is 13.3. The Morgan fingerprint density at radius 2 is 0.486 bits per heavy atom. The highest BCUT2D eigenvalue weighted by molar-refractivity contribution is 7.47. The minimum absolute atomic E-state index is 0.108. The van der Waals surface area contributed by atoms with Gasteiger partial charge >= 0.3 is 39.5 Å². The Bertz CT molecular complexity index is 2030. The predicted molar refractivity (Wildman–Crippen MR) is 432 cm³/mol. The molecule has 19 heteroatoms. The molecular formula is C86H168O17P2. The molecule has 0 spiro atoms. The first-order valence-electron chi connectivity index (χ1n) is 44.4. The highest BCUT2D eigenvalue weighted by Crippen LogP contribution is 2.45. The summed E-state index contributed by atoms with van der Waals surface area (Å²) in [5.74, 6) is 0.283. The number of ether oxygens (including phenoxy) is 4. The maximum Gasteiger partial charge on any atom is 0.472 e. The fraction of sp³-hybridized carbons (Fsp3) is 0.953. The van der Waals surface area contributed by atoms with Crippen molar-refractivity contribution in [3.05, 3.63) is 0 Å². The fourth-order valence-corrected chi connectivity index (χ4v) is 14.9. The van der Waals surface area contributed by atoms with E-state index in [0.717, 1.165) is 108 Å². The lowest BCUT2D eigenvalue weighted by molar-refractivity contribution is -0.161. The molecule has 0 aromatic carbocycles. The van der Waals surface area contributed by atoms with E-state index in [2.05, 4.69) is 48.5 Å². The van der Waals surface area contributed by atoms with Crippen molar-refractivity contribution in [2.45, 2.75) is 471 Å². The number of hydrogen-bond donors (Lipinski definition) is 3. The van der Waals surface area contributed by atoms with Gasteiger partial charge < -0.3 is 33.8 Å². The van der Waals surface area contributed by atoms with Crippen LogP contribution in [0.25, 0.3) is 0 Å². The van der Waals surface area contributed by atoms with Gasteiger partial charge in [-0.25, -0.2) is 9.13 Å². The Morgan fingerprint density at radius 3 is 0.724 bits per heavy atom. The number of carbonyl (C=O) groups excluding carboxylic acids is 4. The molecule has 0 aliphatic heterocycles. The van der Waals surface area contributed by atoms with Gasteiger partial charge in [-0.05, 0) is 43.4 Å². The largest absolute Gasteiger partial charge is 0.472 e. The molecule has 105 heavy (non-hydrogen) atoms. The molecule has 0 bridgehead atoms. The molecule has 0 aliphatic carbocycles. The van der Waals surface area contributed by atoms with Gasteiger partial charge in [0.1, 0.15) is 19.3 Å². The lowest BCUT2D eigenvalue weighted by Crippen LogP contribution is -2.30. The number of esters is 4. The maximum atomic E-state index is 13.1. The van der Waals surface area contributed by atoms with E-state index in [4.69, 9.17) is 37.0 Å². The van der Waals surface area contributed by atoms with Crippen LogP contribution in [0.5, 0.6) is 0 Å². The van der Waals surface area contributed by atoms with Crippen LogP contribution in [0.15, 0.2) is 0 Å². The molecule has 17 nitrogen and oxygen atoms in total. The number of hydrogen-bond acceptors (Lipinski definition) is 15. The van der Waals surface area contributed by atoms with Gasteiger partial charge in [0.2, 0.25) is 0 Å². The van der Waals surface area contributed by atoms with Gasteiger partial charge in [-0.15, -0.1) is 0 Å². The van der Waals surface area contributed by atoms with Crippen LogP contribution in [0.3, 0.4) is 0 Å². The minimum Gasteiger partial charge on any atom is -0.462 e. The monoisotopic (exact) mass is 1540 g/mol. The van der Waals surface area contributed by atoms with Crippen molar-refractivity contribution in [2.24, 2.45) is 17.8 Å². The number of aliphatic hydroxyl groups is 1. The van der Waals surface area contributed by atoms with Gasteiger partial charge in [0.25, 0.3) is 0 Å². The van der Waals surface area contributed by atoms with Crippen LogP contribution >= 0.6 is 15.6 Å². The van der Waals surface area contributed by atoms with Crippen LogP contribution in [0.4, 0.5) is 0 Å². The Hall–Kier alpha value is -1.94. The van der Waals surface area contributed by atoms with Crippen LogP contribution in [0.1, 0.15) is 453 Å². The molecule has 0 amide bonds. The van der Waals surface area contributed by atoms with Gasteiger partial charge in [-0.3, -0.25) is 37.3 Å². The maximum absolute atomic E-state index is 13.1. The van der Waals surface area contributed by atoms with E-state index in [9.17, 15) is 43.2 Å². The first kappa shape index (κ1) is 103. The molecule has 624 valence electrons. The third kappa shape index (κ3) is 78.5. The molecule has 0 aromatic rings. The molecule has 6 atom stereocenters. The van der Waals surface area contributed by atoms with E-state index >= 15 is 0 Å². The zero-order valence-electron chi connectivity index (χ0n) is 69.2. The van der Waals surface area contributed by atoms with Crippen LogP contribution in [0, 0.1) is 17.8 Å². The van der Waals surface area contributed by atoms with Gasteiger partial charge in [-0.1, -0.05) is 402 Å². The van der Waals surface area contributed by atoms with Gasteiger partial charge in [0, 0.05) is 25.7 Å². The first-order chi connectivity index (χ1) is 50.8. The molecular weight excluding hydrogens is 1370 g/mol. The average Bonchev–Trinajstić information content (AvgIpc) is 0.915. The van der Waals surface area contributed by atoms with Crippen molar-refractivity contribution in [1.29, 1.82) is 0 Å². The minimum atomic E-state index is -4.97. The molecule has 0 saturated carbocycles. The second-order valence-corrected chi connectivity index (χ2v) is 35.0. The zero-order valence-corrected chi connectivity index (χ0v) is 71.0. The Balaban J connectivity index is 5.27. The molecule has 0 saturated heterocycles. The van der Waals surface area contributed by atoms with E-state index in [1.165, 1.54) is 263 Å². The Kier molecular flexibility index (Phi) is 74.7. The van der Waals surface area contributed by atoms with Crippen molar-refractivity contribution in [1.82, 2.24) is 0 Å². The SMILES string of the molecule is CCCCCCCCCCCCCCCCCCCC(=O)O[C@H](COC(=O)CCCCCCCCCCC(C)CC)COP(=O)(O)OC[C@H](O)COP(=O)(O)OC[C@@H](COC(=O)CCCCCCCCCCCCCCCCC(C)C)OC(=O)CCCCCCCCCCCCCCCCCCC(C)C. The van der Waals surface area contributed by atoms with Crippen molar-refractivity contribution < 1.29 is 80.2 Å². The summed E-state index contributed by atoms with van der Waals surface area (Å²) in [6.45, 7) is 12.0. The van der Waals surface area contributed by atoms with Crippen molar-refractivity contribution >= 4 is 39.5 Å². The van der Waals surface area contributed by atoms with Crippen LogP contribution < -0.4 is 0 Å². The lowest BCUT2D eigenvalue weighted by Gasteiger charge is -2.21. The van der Waals surface area contributed by atoms with Crippen molar-refractivity contribution in [3.8, 4) is 0 Å². The number of phosphoric acid groups is 2. The summed E-state index contributed by atoms with van der Waals surface area (Å²) in [5, 5.41) is 10.7. The second kappa shape index (κ2) is 76.1. The number of unbranched alkanes of at least 4 members (excludes halogenated alkanes) is 51. The highest BCUT2D eigenvalue weighted by Gasteiger charge is 2.30. The molecule has 3 unspecified atom stereocenters. The molecule has 0 aliphatic rings. The van der Waals surface area contributed by atoms with E-state index in [-0.39, 0.29) is 25.7 Å². The van der Waals surface area contributed by atoms with Gasteiger partial charge in [0.05, 0.1) is 26.4 Å². The van der Waals surface area contributed by atoms with Crippen LogP contribution in [0.2, 0.25) is 0 Å². The smallest absolute Gasteiger partial charge is 0.462 e. The first-order valence-corrected chi connectivity index (χ1v) is 47.4. The summed E-state index contributed by atoms with van der Waals surface area (Å²) in [7, 11) is -9.93. The zero-order chi connectivity index (χ0) is 77.2. The van der Waals surface area contributed by atoms with E-state index < -0.39 is 97.5 Å². The number of rotatable bonds is 84. The van der Waals surface area contributed by atoms with E-state index in [1.807, 2.05) is 0 Å². The van der Waals surface area contributed by atoms with E-state index in [0.29, 0.717) is 25.7 Å². The summed E-state index contributed by atoms with van der Waals surface area (Å²) in [4.78, 5) is 73.3. The van der Waals surface area contributed by atoms with Gasteiger partial charge in [-0.2, -0.15) is 0 Å². The van der Waals surface area contributed by atoms with Crippen molar-refractivity contribution in [2.75, 3.05) is 39.6 Å². The van der Waals surface area contributed by atoms with E-state index in [1.54, 1.807) is 0 Å². The quantitative estimate of drug-likeness (QED) is 0.0222. The van der Waals surface area contributed by atoms with Gasteiger partial charge in [0.15, 0.2) is 12.2 Å². The number of aliphatic hydroxyl groups excluding tert-OH is 1.